The zero-order chi connectivity index (χ0) is 15.2. The molecule has 0 saturated carbocycles. The van der Waals surface area contributed by atoms with E-state index in [9.17, 15) is 14.7 Å². The highest BCUT2D eigenvalue weighted by molar-refractivity contribution is 7.17. The number of unbranched alkanes of at least 4 members (excludes halogenated alkanes) is 1. The van der Waals surface area contributed by atoms with Crippen LogP contribution in [-0.2, 0) is 27.3 Å². The van der Waals surface area contributed by atoms with Crippen LogP contribution in [0, 0.1) is 0 Å². The van der Waals surface area contributed by atoms with Gasteiger partial charge in [0.05, 0.1) is 18.8 Å². The first-order valence-corrected chi connectivity index (χ1v) is 7.78. The third-order valence-electron chi connectivity index (χ3n) is 3.16. The molecule has 0 atom stereocenters. The number of carbonyl (C=O) groups is 2. The Morgan fingerprint density at radius 2 is 2.29 bits per heavy atom. The van der Waals surface area contributed by atoms with E-state index < -0.39 is 5.97 Å². The van der Waals surface area contributed by atoms with E-state index in [0.29, 0.717) is 31.2 Å². The second-order valence-electron chi connectivity index (χ2n) is 4.77. The Morgan fingerprint density at radius 1 is 1.48 bits per heavy atom. The van der Waals surface area contributed by atoms with Crippen molar-refractivity contribution in [1.82, 2.24) is 0 Å². The molecule has 0 aromatic carbocycles. The Morgan fingerprint density at radius 3 is 3.00 bits per heavy atom. The average molecular weight is 313 g/mol. The molecule has 1 amide bonds. The Bertz CT molecular complexity index is 526. The number of hydrogen-bond acceptors (Lipinski definition) is 5. The van der Waals surface area contributed by atoms with E-state index in [4.69, 9.17) is 9.47 Å². The molecule has 0 aliphatic carbocycles. The number of thiophene rings is 1. The van der Waals surface area contributed by atoms with Gasteiger partial charge in [0.2, 0.25) is 0 Å². The zero-order valence-corrected chi connectivity index (χ0v) is 12.8. The first-order chi connectivity index (χ1) is 10.1. The molecule has 1 aliphatic heterocycles. The number of aromatic carboxylic acids is 1. The standard InChI is InChI=1S/C14H19NO5S/c1-2-3-5-19-8-11(16)15-13-12(14(17)18)9-4-6-20-7-10(9)21-13/h2-8H2,1H3,(H,15,16)(H,17,18). The van der Waals surface area contributed by atoms with Gasteiger partial charge in [0.25, 0.3) is 5.91 Å². The van der Waals surface area contributed by atoms with Crippen molar-refractivity contribution >= 4 is 28.2 Å². The smallest absolute Gasteiger partial charge is 0.339 e. The molecule has 7 heteroatoms. The van der Waals surface area contributed by atoms with Crippen LogP contribution < -0.4 is 5.32 Å². The predicted octanol–water partition coefficient (Wildman–Crippen LogP) is 2.27. The number of nitrogens with one attached hydrogen (secondary N) is 1. The highest BCUT2D eigenvalue weighted by Gasteiger charge is 2.26. The Labute approximate surface area is 127 Å². The summed E-state index contributed by atoms with van der Waals surface area (Å²) < 4.78 is 10.6. The number of rotatable bonds is 7. The fourth-order valence-electron chi connectivity index (χ4n) is 2.12. The summed E-state index contributed by atoms with van der Waals surface area (Å²) in [6.45, 7) is 3.43. The van der Waals surface area contributed by atoms with Gasteiger partial charge in [-0.1, -0.05) is 13.3 Å². The predicted molar refractivity (Wildman–Crippen MR) is 79.0 cm³/mol. The summed E-state index contributed by atoms with van der Waals surface area (Å²) >= 11 is 1.27. The van der Waals surface area contributed by atoms with Crippen molar-refractivity contribution in [2.75, 3.05) is 25.1 Å². The molecule has 0 saturated heterocycles. The summed E-state index contributed by atoms with van der Waals surface area (Å²) in [6, 6.07) is 0. The van der Waals surface area contributed by atoms with Gasteiger partial charge in [-0.3, -0.25) is 4.79 Å². The van der Waals surface area contributed by atoms with E-state index in [0.717, 1.165) is 23.3 Å². The van der Waals surface area contributed by atoms with Gasteiger partial charge in [-0.05, 0) is 18.4 Å². The monoisotopic (exact) mass is 313 g/mol. The van der Waals surface area contributed by atoms with Crippen LogP contribution in [0.15, 0.2) is 0 Å². The number of ether oxygens (including phenoxy) is 2. The highest BCUT2D eigenvalue weighted by Crippen LogP contribution is 2.36. The minimum Gasteiger partial charge on any atom is -0.478 e. The second kappa shape index (κ2) is 7.53. The molecule has 0 spiro atoms. The molecule has 2 N–H and O–H groups in total. The maximum atomic E-state index is 11.8. The van der Waals surface area contributed by atoms with Crippen LogP contribution in [0.5, 0.6) is 0 Å². The van der Waals surface area contributed by atoms with Gasteiger partial charge in [0, 0.05) is 11.5 Å². The van der Waals surface area contributed by atoms with Gasteiger partial charge in [-0.2, -0.15) is 0 Å². The molecule has 116 valence electrons. The molecule has 2 heterocycles. The van der Waals surface area contributed by atoms with Gasteiger partial charge in [-0.25, -0.2) is 4.79 Å². The molecule has 0 fully saturated rings. The van der Waals surface area contributed by atoms with Crippen LogP contribution in [-0.4, -0.2) is 36.8 Å². The van der Waals surface area contributed by atoms with Gasteiger partial charge < -0.3 is 19.9 Å². The molecule has 1 aromatic heterocycles. The van der Waals surface area contributed by atoms with E-state index in [1.165, 1.54) is 11.3 Å². The maximum absolute atomic E-state index is 11.8. The Hall–Kier alpha value is -1.44. The van der Waals surface area contributed by atoms with Crippen LogP contribution in [0.25, 0.3) is 0 Å². The van der Waals surface area contributed by atoms with E-state index in [1.54, 1.807) is 0 Å². The summed E-state index contributed by atoms with van der Waals surface area (Å²) in [6.07, 6.45) is 2.47. The summed E-state index contributed by atoms with van der Waals surface area (Å²) in [5, 5.41) is 12.4. The molecule has 1 aromatic rings. The van der Waals surface area contributed by atoms with Gasteiger partial charge >= 0.3 is 5.97 Å². The SMILES string of the molecule is CCCCOCC(=O)Nc1sc2c(c1C(=O)O)CCOC2. The number of carboxylic acid groups (broad SMARTS) is 1. The third-order valence-corrected chi connectivity index (χ3v) is 4.28. The van der Waals surface area contributed by atoms with Crippen LogP contribution >= 0.6 is 11.3 Å². The van der Waals surface area contributed by atoms with Crippen molar-refractivity contribution in [3.05, 3.63) is 16.0 Å². The lowest BCUT2D eigenvalue weighted by atomic mass is 10.1. The number of carbonyl (C=O) groups excluding carboxylic acids is 1. The minimum absolute atomic E-state index is 0.0574. The Kier molecular flexibility index (Phi) is 5.72. The molecular formula is C14H19NO5S. The molecule has 0 radical (unpaired) electrons. The van der Waals surface area contributed by atoms with Gasteiger partial charge in [-0.15, -0.1) is 11.3 Å². The van der Waals surface area contributed by atoms with E-state index in [-0.39, 0.29) is 18.1 Å². The molecule has 2 rings (SSSR count). The van der Waals surface area contributed by atoms with Crippen molar-refractivity contribution < 1.29 is 24.2 Å². The summed E-state index contributed by atoms with van der Waals surface area (Å²) in [4.78, 5) is 24.1. The number of amides is 1. The van der Waals surface area contributed by atoms with Crippen molar-refractivity contribution in [1.29, 1.82) is 0 Å². The fourth-order valence-corrected chi connectivity index (χ4v) is 3.31. The van der Waals surface area contributed by atoms with Crippen molar-refractivity contribution in [2.45, 2.75) is 32.8 Å². The third kappa shape index (κ3) is 4.03. The number of hydrogen-bond donors (Lipinski definition) is 2. The number of anilines is 1. The van der Waals surface area contributed by atoms with Gasteiger partial charge in [0.1, 0.15) is 11.6 Å². The number of fused-ring (bicyclic) bond motifs is 1. The van der Waals surface area contributed by atoms with E-state index >= 15 is 0 Å². The lowest BCUT2D eigenvalue weighted by Crippen LogP contribution is -2.19. The van der Waals surface area contributed by atoms with E-state index in [2.05, 4.69) is 5.32 Å². The number of carboxylic acids is 1. The molecular weight excluding hydrogens is 294 g/mol. The van der Waals surface area contributed by atoms with E-state index in [1.807, 2.05) is 6.92 Å². The largest absolute Gasteiger partial charge is 0.478 e. The summed E-state index contributed by atoms with van der Waals surface area (Å²) in [5.74, 6) is -1.34. The lowest BCUT2D eigenvalue weighted by Gasteiger charge is -2.12. The molecule has 6 nitrogen and oxygen atoms in total. The quantitative estimate of drug-likeness (QED) is 0.754. The van der Waals surface area contributed by atoms with Crippen LogP contribution in [0.2, 0.25) is 0 Å². The van der Waals surface area contributed by atoms with Gasteiger partial charge in [0.15, 0.2) is 0 Å². The topological polar surface area (TPSA) is 84.9 Å². The van der Waals surface area contributed by atoms with Crippen molar-refractivity contribution in [3.8, 4) is 0 Å². The van der Waals surface area contributed by atoms with Crippen LogP contribution in [0.3, 0.4) is 0 Å². The van der Waals surface area contributed by atoms with Crippen molar-refractivity contribution in [2.24, 2.45) is 0 Å². The first kappa shape index (κ1) is 15.9. The first-order valence-electron chi connectivity index (χ1n) is 6.96. The molecule has 0 bridgehead atoms. The normalized spacial score (nSPS) is 13.8. The Balaban J connectivity index is 2.04. The summed E-state index contributed by atoms with van der Waals surface area (Å²) in [7, 11) is 0. The average Bonchev–Trinajstić information content (AvgIpc) is 2.81. The van der Waals surface area contributed by atoms with Crippen LogP contribution in [0.4, 0.5) is 5.00 Å². The van der Waals surface area contributed by atoms with Crippen LogP contribution in [0.1, 0.15) is 40.6 Å². The molecule has 21 heavy (non-hydrogen) atoms. The summed E-state index contributed by atoms with van der Waals surface area (Å²) in [5.41, 5.74) is 0.973. The highest BCUT2D eigenvalue weighted by atomic mass is 32.1. The molecule has 0 unspecified atom stereocenters. The maximum Gasteiger partial charge on any atom is 0.339 e. The second-order valence-corrected chi connectivity index (χ2v) is 5.88. The lowest BCUT2D eigenvalue weighted by molar-refractivity contribution is -0.120. The fraction of sp³-hybridized carbons (Fsp3) is 0.571. The molecule has 1 aliphatic rings. The zero-order valence-electron chi connectivity index (χ0n) is 11.9. The van der Waals surface area contributed by atoms with Crippen molar-refractivity contribution in [3.63, 3.8) is 0 Å². The minimum atomic E-state index is -1.02.